The third-order valence-electron chi connectivity index (χ3n) is 4.71. The van der Waals surface area contributed by atoms with Crippen LogP contribution in [0.1, 0.15) is 50.6 Å². The summed E-state index contributed by atoms with van der Waals surface area (Å²) in [7, 11) is 3.67. The summed E-state index contributed by atoms with van der Waals surface area (Å²) in [5.41, 5.74) is 0.906. The molecule has 3 unspecified atom stereocenters. The number of nitrogens with zero attached hydrogens (tertiary/aromatic N) is 2. The number of aryl methyl sites for hydroxylation is 1. The first-order valence-electron chi connectivity index (χ1n) is 8.05. The van der Waals surface area contributed by atoms with Crippen molar-refractivity contribution >= 4 is 5.91 Å². The van der Waals surface area contributed by atoms with E-state index in [1.807, 2.05) is 13.2 Å². The molecule has 0 radical (unpaired) electrons. The van der Waals surface area contributed by atoms with Gasteiger partial charge in [-0.2, -0.15) is 5.10 Å². The van der Waals surface area contributed by atoms with Gasteiger partial charge < -0.3 is 10.6 Å². The highest BCUT2D eigenvalue weighted by atomic mass is 16.2. The first-order chi connectivity index (χ1) is 10.1. The topological polar surface area (TPSA) is 59.0 Å². The molecule has 1 aromatic rings. The van der Waals surface area contributed by atoms with Gasteiger partial charge in [-0.3, -0.25) is 9.48 Å². The molecule has 0 spiro atoms. The zero-order chi connectivity index (χ0) is 15.2. The van der Waals surface area contributed by atoms with Crippen molar-refractivity contribution in [2.45, 2.75) is 45.1 Å². The molecule has 0 saturated heterocycles. The highest BCUT2D eigenvalue weighted by molar-refractivity contribution is 5.82. The second kappa shape index (κ2) is 7.59. The van der Waals surface area contributed by atoms with Crippen LogP contribution in [0.2, 0.25) is 0 Å². The molecule has 118 valence electrons. The zero-order valence-electron chi connectivity index (χ0n) is 13.4. The van der Waals surface area contributed by atoms with Gasteiger partial charge in [0.25, 0.3) is 0 Å². The molecule has 5 heteroatoms. The maximum absolute atomic E-state index is 12.3. The third kappa shape index (κ3) is 4.30. The van der Waals surface area contributed by atoms with Crippen LogP contribution in [0.5, 0.6) is 0 Å². The van der Waals surface area contributed by atoms with E-state index in [9.17, 15) is 4.79 Å². The highest BCUT2D eigenvalue weighted by Gasteiger charge is 2.23. The SMILES string of the molecule is CNC(C(=O)NCCC1CCCCC1C)c1cnn(C)c1. The van der Waals surface area contributed by atoms with Gasteiger partial charge >= 0.3 is 0 Å². The molecule has 2 N–H and O–H groups in total. The van der Waals surface area contributed by atoms with Gasteiger partial charge in [0.1, 0.15) is 6.04 Å². The van der Waals surface area contributed by atoms with Crippen molar-refractivity contribution in [3.05, 3.63) is 18.0 Å². The number of rotatable bonds is 6. The predicted octanol–water partition coefficient (Wildman–Crippen LogP) is 2.01. The molecule has 1 amide bonds. The van der Waals surface area contributed by atoms with Gasteiger partial charge in [-0.1, -0.05) is 32.6 Å². The number of carbonyl (C=O) groups is 1. The summed E-state index contributed by atoms with van der Waals surface area (Å²) in [6.07, 6.45) is 10.1. The fraction of sp³-hybridized carbons (Fsp3) is 0.750. The normalized spacial score (nSPS) is 23.8. The molecule has 3 atom stereocenters. The molecular weight excluding hydrogens is 264 g/mol. The van der Waals surface area contributed by atoms with E-state index >= 15 is 0 Å². The monoisotopic (exact) mass is 292 g/mol. The third-order valence-corrected chi connectivity index (χ3v) is 4.71. The molecule has 0 bridgehead atoms. The van der Waals surface area contributed by atoms with Gasteiger partial charge in [-0.05, 0) is 25.3 Å². The van der Waals surface area contributed by atoms with Crippen molar-refractivity contribution in [3.63, 3.8) is 0 Å². The summed E-state index contributed by atoms with van der Waals surface area (Å²) in [6, 6.07) is -0.317. The maximum Gasteiger partial charge on any atom is 0.241 e. The number of aromatic nitrogens is 2. The summed E-state index contributed by atoms with van der Waals surface area (Å²) >= 11 is 0. The Hall–Kier alpha value is -1.36. The van der Waals surface area contributed by atoms with Gasteiger partial charge in [-0.15, -0.1) is 0 Å². The van der Waals surface area contributed by atoms with Crippen LogP contribution >= 0.6 is 0 Å². The first kappa shape index (κ1) is 16.0. The van der Waals surface area contributed by atoms with Crippen LogP contribution < -0.4 is 10.6 Å². The van der Waals surface area contributed by atoms with Crippen LogP contribution in [-0.2, 0) is 11.8 Å². The van der Waals surface area contributed by atoms with E-state index in [-0.39, 0.29) is 11.9 Å². The lowest BCUT2D eigenvalue weighted by molar-refractivity contribution is -0.123. The van der Waals surface area contributed by atoms with Crippen molar-refractivity contribution in [2.75, 3.05) is 13.6 Å². The largest absolute Gasteiger partial charge is 0.354 e. The lowest BCUT2D eigenvalue weighted by atomic mass is 9.79. The molecular formula is C16H28N4O. The lowest BCUT2D eigenvalue weighted by Gasteiger charge is -2.28. The second-order valence-electron chi connectivity index (χ2n) is 6.27. The highest BCUT2D eigenvalue weighted by Crippen LogP contribution is 2.31. The molecule has 1 aliphatic rings. The Morgan fingerprint density at radius 3 is 2.86 bits per heavy atom. The van der Waals surface area contributed by atoms with E-state index < -0.39 is 0 Å². The van der Waals surface area contributed by atoms with E-state index in [0.29, 0.717) is 0 Å². The summed E-state index contributed by atoms with van der Waals surface area (Å²) in [5, 5.41) is 10.3. The number of hydrogen-bond acceptors (Lipinski definition) is 3. The van der Waals surface area contributed by atoms with Crippen LogP contribution in [-0.4, -0.2) is 29.3 Å². The van der Waals surface area contributed by atoms with Crippen LogP contribution in [0, 0.1) is 11.8 Å². The molecule has 5 nitrogen and oxygen atoms in total. The minimum absolute atomic E-state index is 0.0361. The summed E-state index contributed by atoms with van der Waals surface area (Å²) in [5.74, 6) is 1.61. The Morgan fingerprint density at radius 1 is 1.48 bits per heavy atom. The summed E-state index contributed by atoms with van der Waals surface area (Å²) in [6.45, 7) is 3.12. The van der Waals surface area contributed by atoms with Gasteiger partial charge in [0, 0.05) is 25.4 Å². The van der Waals surface area contributed by atoms with E-state index in [1.165, 1.54) is 25.7 Å². The fourth-order valence-electron chi connectivity index (χ4n) is 3.34. The van der Waals surface area contributed by atoms with Crippen molar-refractivity contribution in [3.8, 4) is 0 Å². The number of nitrogens with one attached hydrogen (secondary N) is 2. The summed E-state index contributed by atoms with van der Waals surface area (Å²) < 4.78 is 1.72. The predicted molar refractivity (Wildman–Crippen MR) is 83.8 cm³/mol. The Bertz CT molecular complexity index is 457. The van der Waals surface area contributed by atoms with Gasteiger partial charge in [0.2, 0.25) is 5.91 Å². The number of likely N-dealkylation sites (N-methyl/N-ethyl adjacent to an activating group) is 1. The lowest BCUT2D eigenvalue weighted by Crippen LogP contribution is -2.37. The Labute approximate surface area is 127 Å². The van der Waals surface area contributed by atoms with E-state index in [2.05, 4.69) is 22.7 Å². The standard InChI is InChI=1S/C16H28N4O/c1-12-6-4-5-7-13(12)8-9-18-16(21)15(17-2)14-10-19-20(3)11-14/h10-13,15,17H,4-9H2,1-3H3,(H,18,21). The van der Waals surface area contributed by atoms with Crippen LogP contribution in [0.3, 0.4) is 0 Å². The molecule has 1 heterocycles. The molecule has 0 aromatic carbocycles. The number of hydrogen-bond donors (Lipinski definition) is 2. The van der Waals surface area contributed by atoms with Crippen LogP contribution in [0.15, 0.2) is 12.4 Å². The Kier molecular flexibility index (Phi) is 5.79. The Morgan fingerprint density at radius 2 is 2.24 bits per heavy atom. The van der Waals surface area contributed by atoms with E-state index in [0.717, 1.165) is 30.4 Å². The molecule has 1 aromatic heterocycles. The molecule has 1 saturated carbocycles. The van der Waals surface area contributed by atoms with E-state index in [1.54, 1.807) is 17.9 Å². The smallest absolute Gasteiger partial charge is 0.241 e. The summed E-state index contributed by atoms with van der Waals surface area (Å²) in [4.78, 5) is 12.3. The molecule has 1 aliphatic carbocycles. The molecule has 0 aliphatic heterocycles. The quantitative estimate of drug-likeness (QED) is 0.843. The maximum atomic E-state index is 12.3. The van der Waals surface area contributed by atoms with Crippen molar-refractivity contribution in [2.24, 2.45) is 18.9 Å². The minimum atomic E-state index is -0.317. The van der Waals surface area contributed by atoms with Crippen molar-refractivity contribution in [1.82, 2.24) is 20.4 Å². The average molecular weight is 292 g/mol. The van der Waals surface area contributed by atoms with Gasteiger partial charge in [0.05, 0.1) is 6.20 Å². The number of carbonyl (C=O) groups excluding carboxylic acids is 1. The molecule has 2 rings (SSSR count). The van der Waals surface area contributed by atoms with E-state index in [4.69, 9.17) is 0 Å². The first-order valence-corrected chi connectivity index (χ1v) is 8.05. The number of amides is 1. The zero-order valence-corrected chi connectivity index (χ0v) is 13.4. The van der Waals surface area contributed by atoms with Crippen LogP contribution in [0.4, 0.5) is 0 Å². The average Bonchev–Trinajstić information content (AvgIpc) is 2.88. The Balaban J connectivity index is 1.80. The van der Waals surface area contributed by atoms with Crippen molar-refractivity contribution in [1.29, 1.82) is 0 Å². The second-order valence-corrected chi connectivity index (χ2v) is 6.27. The van der Waals surface area contributed by atoms with Crippen LogP contribution in [0.25, 0.3) is 0 Å². The fourth-order valence-corrected chi connectivity index (χ4v) is 3.34. The van der Waals surface area contributed by atoms with Gasteiger partial charge in [0.15, 0.2) is 0 Å². The van der Waals surface area contributed by atoms with Crippen molar-refractivity contribution < 1.29 is 4.79 Å². The molecule has 1 fully saturated rings. The van der Waals surface area contributed by atoms with Gasteiger partial charge in [-0.25, -0.2) is 0 Å². The molecule has 21 heavy (non-hydrogen) atoms. The minimum Gasteiger partial charge on any atom is -0.354 e.